The van der Waals surface area contributed by atoms with Crippen LogP contribution >= 0.6 is 11.3 Å². The van der Waals surface area contributed by atoms with Gasteiger partial charge in [-0.1, -0.05) is 0 Å². The molecule has 0 saturated carbocycles. The molecule has 3 heterocycles. The van der Waals surface area contributed by atoms with Crippen LogP contribution in [0.4, 0.5) is 4.39 Å². The summed E-state index contributed by atoms with van der Waals surface area (Å²) in [5.74, 6) is -0.332. The Morgan fingerprint density at radius 2 is 2.25 bits per heavy atom. The number of halogens is 1. The summed E-state index contributed by atoms with van der Waals surface area (Å²) in [6.45, 7) is 2.00. The van der Waals surface area contributed by atoms with E-state index < -0.39 is 0 Å². The lowest BCUT2D eigenvalue weighted by atomic mass is 10.1. The summed E-state index contributed by atoms with van der Waals surface area (Å²) >= 11 is 1.58. The van der Waals surface area contributed by atoms with Crippen LogP contribution in [0.3, 0.4) is 0 Å². The van der Waals surface area contributed by atoms with Gasteiger partial charge in [0.2, 0.25) is 0 Å². The smallest absolute Gasteiger partial charge is 0.142 e. The average Bonchev–Trinajstić information content (AvgIpc) is 2.83. The van der Waals surface area contributed by atoms with E-state index in [1.165, 1.54) is 12.3 Å². The zero-order valence-corrected chi connectivity index (χ0v) is 9.31. The van der Waals surface area contributed by atoms with Gasteiger partial charge in [-0.15, -0.1) is 11.3 Å². The second-order valence-corrected chi connectivity index (χ2v) is 4.57. The number of pyridine rings is 1. The number of aromatic nitrogens is 3. The summed E-state index contributed by atoms with van der Waals surface area (Å²) in [4.78, 5) is 12.4. The van der Waals surface area contributed by atoms with E-state index in [2.05, 4.69) is 15.0 Å². The molecule has 16 heavy (non-hydrogen) atoms. The Labute approximate surface area is 95.0 Å². The van der Waals surface area contributed by atoms with Crippen molar-refractivity contribution in [2.75, 3.05) is 0 Å². The fourth-order valence-electron chi connectivity index (χ4n) is 1.74. The van der Waals surface area contributed by atoms with Crippen molar-refractivity contribution in [3.05, 3.63) is 34.7 Å². The molecule has 3 rings (SSSR count). The Balaban J connectivity index is 2.32. The minimum Gasteiger partial charge on any atom is -0.345 e. The van der Waals surface area contributed by atoms with Gasteiger partial charge in [0, 0.05) is 22.0 Å². The Kier molecular flexibility index (Phi) is 2.00. The number of thiazole rings is 1. The van der Waals surface area contributed by atoms with Crippen molar-refractivity contribution in [3.8, 4) is 11.3 Å². The molecule has 0 aliphatic rings. The van der Waals surface area contributed by atoms with Crippen molar-refractivity contribution in [1.29, 1.82) is 0 Å². The summed E-state index contributed by atoms with van der Waals surface area (Å²) in [6, 6.07) is 1.48. The zero-order valence-electron chi connectivity index (χ0n) is 8.49. The molecular weight excluding hydrogens is 225 g/mol. The minimum absolute atomic E-state index is 0.332. The van der Waals surface area contributed by atoms with E-state index in [1.54, 1.807) is 16.8 Å². The molecule has 0 saturated heterocycles. The highest BCUT2D eigenvalue weighted by Crippen LogP contribution is 2.30. The molecule has 3 aromatic heterocycles. The molecule has 3 nitrogen and oxygen atoms in total. The van der Waals surface area contributed by atoms with E-state index in [4.69, 9.17) is 0 Å². The van der Waals surface area contributed by atoms with Crippen LogP contribution in [-0.4, -0.2) is 15.0 Å². The predicted molar refractivity (Wildman–Crippen MR) is 61.9 cm³/mol. The van der Waals surface area contributed by atoms with Gasteiger partial charge in [-0.2, -0.15) is 0 Å². The number of hydrogen-bond acceptors (Lipinski definition) is 3. The third-order valence-electron chi connectivity index (χ3n) is 2.50. The SMILES string of the molecule is Cc1scnc1-c1c[nH]c2ncc(F)cc12. The summed E-state index contributed by atoms with van der Waals surface area (Å²) in [6.07, 6.45) is 3.02. The normalized spacial score (nSPS) is 11.1. The number of aryl methyl sites for hydroxylation is 1. The van der Waals surface area contributed by atoms with Crippen LogP contribution in [0, 0.1) is 12.7 Å². The van der Waals surface area contributed by atoms with Gasteiger partial charge in [-0.3, -0.25) is 0 Å². The number of aromatic amines is 1. The molecule has 0 aliphatic carbocycles. The maximum atomic E-state index is 13.1. The quantitative estimate of drug-likeness (QED) is 0.701. The van der Waals surface area contributed by atoms with E-state index in [0.717, 1.165) is 21.5 Å². The average molecular weight is 233 g/mol. The van der Waals surface area contributed by atoms with Gasteiger partial charge in [0.25, 0.3) is 0 Å². The van der Waals surface area contributed by atoms with Gasteiger partial charge in [0.1, 0.15) is 11.5 Å². The highest BCUT2D eigenvalue weighted by atomic mass is 32.1. The number of nitrogens with zero attached hydrogens (tertiary/aromatic N) is 2. The first-order valence-corrected chi connectivity index (χ1v) is 5.67. The molecule has 5 heteroatoms. The van der Waals surface area contributed by atoms with E-state index in [9.17, 15) is 4.39 Å². The fraction of sp³-hybridized carbons (Fsp3) is 0.0909. The second kappa shape index (κ2) is 3.38. The third-order valence-corrected chi connectivity index (χ3v) is 3.26. The standard InChI is InChI=1S/C11H8FN3S/c1-6-10(15-5-16-6)9-4-14-11-8(9)2-7(12)3-13-11/h2-5H,1H3,(H,13,14). The van der Waals surface area contributed by atoms with Crippen LogP contribution in [-0.2, 0) is 0 Å². The number of nitrogens with one attached hydrogen (secondary N) is 1. The van der Waals surface area contributed by atoms with Crippen LogP contribution in [0.15, 0.2) is 24.0 Å². The number of fused-ring (bicyclic) bond motifs is 1. The lowest BCUT2D eigenvalue weighted by Gasteiger charge is -1.96. The van der Waals surface area contributed by atoms with Gasteiger partial charge in [-0.05, 0) is 13.0 Å². The molecule has 0 fully saturated rings. The molecule has 0 aliphatic heterocycles. The summed E-state index contributed by atoms with van der Waals surface area (Å²) in [5, 5.41) is 0.772. The van der Waals surface area contributed by atoms with E-state index in [-0.39, 0.29) is 5.82 Å². The molecule has 0 aromatic carbocycles. The Bertz CT molecular complexity index is 656. The van der Waals surface area contributed by atoms with E-state index in [1.807, 2.05) is 13.1 Å². The highest BCUT2D eigenvalue weighted by Gasteiger charge is 2.11. The van der Waals surface area contributed by atoms with Crippen LogP contribution in [0.25, 0.3) is 22.3 Å². The molecule has 0 bridgehead atoms. The van der Waals surface area contributed by atoms with Gasteiger partial charge in [0.05, 0.1) is 17.4 Å². The molecule has 0 unspecified atom stereocenters. The predicted octanol–water partition coefficient (Wildman–Crippen LogP) is 3.13. The summed E-state index contributed by atoms with van der Waals surface area (Å²) in [7, 11) is 0. The molecule has 80 valence electrons. The number of rotatable bonds is 1. The van der Waals surface area contributed by atoms with Crippen molar-refractivity contribution in [2.45, 2.75) is 6.92 Å². The van der Waals surface area contributed by atoms with Crippen LogP contribution in [0.2, 0.25) is 0 Å². The lowest BCUT2D eigenvalue weighted by Crippen LogP contribution is -1.81. The van der Waals surface area contributed by atoms with Gasteiger partial charge in [0.15, 0.2) is 0 Å². The topological polar surface area (TPSA) is 41.6 Å². The van der Waals surface area contributed by atoms with Gasteiger partial charge >= 0.3 is 0 Å². The van der Waals surface area contributed by atoms with Crippen molar-refractivity contribution in [2.24, 2.45) is 0 Å². The third kappa shape index (κ3) is 1.32. The van der Waals surface area contributed by atoms with Crippen LogP contribution in [0.1, 0.15) is 4.88 Å². The fourth-order valence-corrected chi connectivity index (χ4v) is 2.33. The second-order valence-electron chi connectivity index (χ2n) is 3.51. The summed E-state index contributed by atoms with van der Waals surface area (Å²) < 4.78 is 13.1. The maximum Gasteiger partial charge on any atom is 0.142 e. The number of hydrogen-bond donors (Lipinski definition) is 1. The Morgan fingerprint density at radius 1 is 1.38 bits per heavy atom. The largest absolute Gasteiger partial charge is 0.345 e. The van der Waals surface area contributed by atoms with Gasteiger partial charge < -0.3 is 4.98 Å². The van der Waals surface area contributed by atoms with E-state index >= 15 is 0 Å². The van der Waals surface area contributed by atoms with Gasteiger partial charge in [-0.25, -0.2) is 14.4 Å². The molecule has 0 spiro atoms. The minimum atomic E-state index is -0.332. The maximum absolute atomic E-state index is 13.1. The molecule has 0 radical (unpaired) electrons. The first kappa shape index (κ1) is 9.47. The zero-order chi connectivity index (χ0) is 11.1. The van der Waals surface area contributed by atoms with Crippen molar-refractivity contribution in [1.82, 2.24) is 15.0 Å². The highest BCUT2D eigenvalue weighted by molar-refractivity contribution is 7.10. The van der Waals surface area contributed by atoms with Crippen molar-refractivity contribution < 1.29 is 4.39 Å². The monoisotopic (exact) mass is 233 g/mol. The van der Waals surface area contributed by atoms with E-state index in [0.29, 0.717) is 5.65 Å². The Hall–Kier alpha value is -1.75. The van der Waals surface area contributed by atoms with Crippen molar-refractivity contribution in [3.63, 3.8) is 0 Å². The molecule has 1 N–H and O–H groups in total. The number of H-pyrrole nitrogens is 1. The molecule has 0 atom stereocenters. The van der Waals surface area contributed by atoms with Crippen molar-refractivity contribution >= 4 is 22.4 Å². The molecule has 3 aromatic rings. The van der Waals surface area contributed by atoms with Crippen LogP contribution in [0.5, 0.6) is 0 Å². The molecule has 0 amide bonds. The summed E-state index contributed by atoms with van der Waals surface area (Å²) in [5.41, 5.74) is 4.27. The first-order chi connectivity index (χ1) is 7.75. The lowest BCUT2D eigenvalue weighted by molar-refractivity contribution is 0.624. The first-order valence-electron chi connectivity index (χ1n) is 4.79. The molecular formula is C11H8FN3S. The van der Waals surface area contributed by atoms with Crippen LogP contribution < -0.4 is 0 Å². The Morgan fingerprint density at radius 3 is 3.00 bits per heavy atom.